The van der Waals surface area contributed by atoms with Crippen LogP contribution in [0.15, 0.2) is 47.1 Å². The smallest absolute Gasteiger partial charge is 0.341 e. The van der Waals surface area contributed by atoms with Gasteiger partial charge in [0.05, 0.1) is 10.6 Å². The maximum atomic E-state index is 13.7. The van der Waals surface area contributed by atoms with Gasteiger partial charge in [-0.2, -0.15) is 0 Å². The van der Waals surface area contributed by atoms with E-state index in [1.807, 2.05) is 0 Å². The fraction of sp³-hybridized carbons (Fsp3) is 0.0625. The van der Waals surface area contributed by atoms with Crippen LogP contribution < -0.4 is 0 Å². The Kier molecular flexibility index (Phi) is 4.78. The third-order valence-corrected chi connectivity index (χ3v) is 3.59. The highest BCUT2D eigenvalue weighted by Crippen LogP contribution is 2.23. The van der Waals surface area contributed by atoms with Gasteiger partial charge in [-0.15, -0.1) is 0 Å². The summed E-state index contributed by atoms with van der Waals surface area (Å²) in [5.74, 6) is -0.877. The molecule has 3 rings (SSSR count). The van der Waals surface area contributed by atoms with E-state index in [1.54, 1.807) is 18.2 Å². The zero-order valence-corrected chi connectivity index (χ0v) is 13.5. The first-order valence-electron chi connectivity index (χ1n) is 6.73. The molecule has 3 aromatic rings. The second-order valence-electron chi connectivity index (χ2n) is 4.73. The molecule has 0 bridgehead atoms. The lowest BCUT2D eigenvalue weighted by atomic mass is 10.1. The number of nitrogens with zero attached hydrogens (tertiary/aromatic N) is 2. The Balaban J connectivity index is 1.71. The van der Waals surface area contributed by atoms with Gasteiger partial charge in [0.25, 0.3) is 0 Å². The summed E-state index contributed by atoms with van der Waals surface area (Å²) in [6.07, 6.45) is 1.32. The largest absolute Gasteiger partial charge is 0.454 e. The number of aromatic nitrogens is 2. The van der Waals surface area contributed by atoms with Gasteiger partial charge in [-0.3, -0.25) is 0 Å². The Morgan fingerprint density at radius 3 is 2.83 bits per heavy atom. The van der Waals surface area contributed by atoms with E-state index in [4.69, 9.17) is 32.5 Å². The van der Waals surface area contributed by atoms with Crippen molar-refractivity contribution < 1.29 is 18.4 Å². The molecule has 0 unspecified atom stereocenters. The minimum absolute atomic E-state index is 0.0194. The topological polar surface area (TPSA) is 65.2 Å². The van der Waals surface area contributed by atoms with Gasteiger partial charge < -0.3 is 9.26 Å². The van der Waals surface area contributed by atoms with E-state index in [1.165, 1.54) is 24.4 Å². The Bertz CT molecular complexity index is 899. The highest BCUT2D eigenvalue weighted by molar-refractivity contribution is 6.34. The summed E-state index contributed by atoms with van der Waals surface area (Å²) in [6, 6.07) is 8.98. The van der Waals surface area contributed by atoms with E-state index < -0.39 is 11.8 Å². The first kappa shape index (κ1) is 16.4. The van der Waals surface area contributed by atoms with Crippen molar-refractivity contribution >= 4 is 29.2 Å². The number of hydrogen-bond donors (Lipinski definition) is 0. The summed E-state index contributed by atoms with van der Waals surface area (Å²) in [4.78, 5) is 15.8. The second kappa shape index (κ2) is 6.98. The minimum atomic E-state index is -0.709. The van der Waals surface area contributed by atoms with Gasteiger partial charge in [0.1, 0.15) is 16.7 Å². The molecule has 0 atom stereocenters. The standard InChI is InChI=1S/C16H9Cl2FN2O3/c17-9-5-12(15(18)20-7-9)16(22)23-8-10-6-14(21-24-10)11-3-1-2-4-13(11)19/h1-7H,8H2. The number of halogens is 3. The highest BCUT2D eigenvalue weighted by atomic mass is 35.5. The SMILES string of the molecule is O=C(OCc1cc(-c2ccccc2F)no1)c1cc(Cl)cnc1Cl. The van der Waals surface area contributed by atoms with Crippen LogP contribution in [0.1, 0.15) is 16.1 Å². The zero-order valence-electron chi connectivity index (χ0n) is 12.0. The van der Waals surface area contributed by atoms with Crippen molar-refractivity contribution in [2.45, 2.75) is 6.61 Å². The van der Waals surface area contributed by atoms with Gasteiger partial charge in [-0.05, 0) is 18.2 Å². The lowest BCUT2D eigenvalue weighted by Crippen LogP contribution is -2.06. The van der Waals surface area contributed by atoms with Crippen LogP contribution >= 0.6 is 23.2 Å². The summed E-state index contributed by atoms with van der Waals surface area (Å²) in [7, 11) is 0. The fourth-order valence-electron chi connectivity index (χ4n) is 1.96. The number of rotatable bonds is 4. The average molecular weight is 367 g/mol. The molecule has 5 nitrogen and oxygen atoms in total. The molecule has 0 radical (unpaired) electrons. The van der Waals surface area contributed by atoms with Crippen LogP contribution in [0, 0.1) is 5.82 Å². The number of esters is 1. The van der Waals surface area contributed by atoms with E-state index in [-0.39, 0.29) is 28.1 Å². The van der Waals surface area contributed by atoms with Crippen LogP contribution in [0.5, 0.6) is 0 Å². The quantitative estimate of drug-likeness (QED) is 0.500. The lowest BCUT2D eigenvalue weighted by Gasteiger charge is -2.04. The molecule has 2 aromatic heterocycles. The summed E-state index contributed by atoms with van der Waals surface area (Å²) in [5, 5.41) is 4.00. The molecule has 0 N–H and O–H groups in total. The molecular weight excluding hydrogens is 358 g/mol. The summed E-state index contributed by atoms with van der Waals surface area (Å²) < 4.78 is 23.8. The van der Waals surface area contributed by atoms with Crippen molar-refractivity contribution in [1.82, 2.24) is 10.1 Å². The maximum Gasteiger partial charge on any atom is 0.341 e. The van der Waals surface area contributed by atoms with Crippen LogP contribution in [0.25, 0.3) is 11.3 Å². The predicted octanol–water partition coefficient (Wildman–Crippen LogP) is 4.54. The van der Waals surface area contributed by atoms with E-state index >= 15 is 0 Å². The summed E-state index contributed by atoms with van der Waals surface area (Å²) in [6.45, 7) is -0.191. The Hall–Kier alpha value is -2.44. The molecule has 0 saturated heterocycles. The van der Waals surface area contributed by atoms with Gasteiger partial charge in [0.15, 0.2) is 12.4 Å². The molecule has 1 aromatic carbocycles. The Labute approximate surface area is 146 Å². The van der Waals surface area contributed by atoms with Crippen LogP contribution in [0.2, 0.25) is 10.2 Å². The lowest BCUT2D eigenvalue weighted by molar-refractivity contribution is 0.0437. The van der Waals surface area contributed by atoms with Crippen LogP contribution in [-0.4, -0.2) is 16.1 Å². The first-order valence-corrected chi connectivity index (χ1v) is 7.49. The molecule has 0 aliphatic carbocycles. The molecule has 0 aliphatic rings. The van der Waals surface area contributed by atoms with Crippen LogP contribution in [-0.2, 0) is 11.3 Å². The first-order chi connectivity index (χ1) is 11.5. The molecule has 24 heavy (non-hydrogen) atoms. The van der Waals surface area contributed by atoms with Crippen LogP contribution in [0.3, 0.4) is 0 Å². The number of pyridine rings is 1. The van der Waals surface area contributed by atoms with Crippen LogP contribution in [0.4, 0.5) is 4.39 Å². The van der Waals surface area contributed by atoms with Crippen molar-refractivity contribution in [2.75, 3.05) is 0 Å². The van der Waals surface area contributed by atoms with Gasteiger partial charge in [0.2, 0.25) is 0 Å². The molecule has 0 amide bonds. The molecule has 0 aliphatic heterocycles. The number of carbonyl (C=O) groups excluding carboxylic acids is 1. The number of carbonyl (C=O) groups is 1. The molecule has 8 heteroatoms. The highest BCUT2D eigenvalue weighted by Gasteiger charge is 2.16. The third kappa shape index (κ3) is 3.55. The molecule has 0 fully saturated rings. The van der Waals surface area contributed by atoms with Crippen molar-refractivity contribution in [1.29, 1.82) is 0 Å². The monoisotopic (exact) mass is 366 g/mol. The summed E-state index contributed by atoms with van der Waals surface area (Å²) >= 11 is 11.6. The minimum Gasteiger partial charge on any atom is -0.454 e. The van der Waals surface area contributed by atoms with E-state index in [9.17, 15) is 9.18 Å². The van der Waals surface area contributed by atoms with Gasteiger partial charge in [-0.25, -0.2) is 14.2 Å². The predicted molar refractivity (Wildman–Crippen MR) is 85.3 cm³/mol. The van der Waals surface area contributed by atoms with E-state index in [0.717, 1.165) is 0 Å². The third-order valence-electron chi connectivity index (χ3n) is 3.08. The normalized spacial score (nSPS) is 10.6. The maximum absolute atomic E-state index is 13.7. The van der Waals surface area contributed by atoms with Gasteiger partial charge >= 0.3 is 5.97 Å². The molecule has 0 spiro atoms. The molecule has 0 saturated carbocycles. The zero-order chi connectivity index (χ0) is 17.1. The van der Waals surface area contributed by atoms with E-state index in [0.29, 0.717) is 11.3 Å². The van der Waals surface area contributed by atoms with Crippen molar-refractivity contribution in [3.63, 3.8) is 0 Å². The molecule has 122 valence electrons. The van der Waals surface area contributed by atoms with E-state index in [2.05, 4.69) is 10.1 Å². The van der Waals surface area contributed by atoms with Crippen molar-refractivity contribution in [2.24, 2.45) is 0 Å². The molecule has 2 heterocycles. The van der Waals surface area contributed by atoms with Crippen molar-refractivity contribution in [3.05, 3.63) is 69.9 Å². The number of hydrogen-bond acceptors (Lipinski definition) is 5. The Morgan fingerprint density at radius 2 is 2.04 bits per heavy atom. The number of ether oxygens (including phenoxy) is 1. The van der Waals surface area contributed by atoms with Crippen molar-refractivity contribution in [3.8, 4) is 11.3 Å². The molecular formula is C16H9Cl2FN2O3. The van der Waals surface area contributed by atoms with Gasteiger partial charge in [0, 0.05) is 17.8 Å². The fourth-order valence-corrected chi connectivity index (χ4v) is 2.30. The Morgan fingerprint density at radius 1 is 1.25 bits per heavy atom. The number of benzene rings is 1. The average Bonchev–Trinajstić information content (AvgIpc) is 3.04. The van der Waals surface area contributed by atoms with Gasteiger partial charge in [-0.1, -0.05) is 40.5 Å². The second-order valence-corrected chi connectivity index (χ2v) is 5.52. The summed E-state index contributed by atoms with van der Waals surface area (Å²) in [5.41, 5.74) is 0.639.